The Morgan fingerprint density at radius 3 is 1.14 bits per heavy atom. The lowest BCUT2D eigenvalue weighted by Gasteiger charge is -2.27. The molecule has 0 aromatic carbocycles. The van der Waals surface area contributed by atoms with Gasteiger partial charge in [-0.15, -0.1) is 0 Å². The van der Waals surface area contributed by atoms with E-state index in [0.29, 0.717) is 56.7 Å². The zero-order chi connectivity index (χ0) is 33.6. The van der Waals surface area contributed by atoms with Gasteiger partial charge in [-0.1, -0.05) is 27.7 Å². The van der Waals surface area contributed by atoms with Gasteiger partial charge < -0.3 is 51.1 Å². The van der Waals surface area contributed by atoms with Crippen LogP contribution in [0.4, 0.5) is 0 Å². The van der Waals surface area contributed by atoms with Gasteiger partial charge in [0.15, 0.2) is 0 Å². The van der Waals surface area contributed by atoms with Crippen molar-refractivity contribution >= 4 is 15.6 Å². The molecule has 1 atom stereocenters. The van der Waals surface area contributed by atoms with E-state index in [-0.39, 0.29) is 26.4 Å². The molecule has 0 aromatic heterocycles. The maximum absolute atomic E-state index is 11.1. The molecule has 0 aliphatic carbocycles. The van der Waals surface area contributed by atoms with Crippen molar-refractivity contribution < 1.29 is 60.2 Å². The summed E-state index contributed by atoms with van der Waals surface area (Å²) in [5, 5.41) is 0. The van der Waals surface area contributed by atoms with Gasteiger partial charge in [-0.25, -0.2) is 0 Å². The van der Waals surface area contributed by atoms with Gasteiger partial charge in [0.25, 0.3) is 15.6 Å². The highest BCUT2D eigenvalue weighted by atomic mass is 31.2. The van der Waals surface area contributed by atoms with Crippen LogP contribution in [-0.4, -0.2) is 131 Å². The molecule has 0 aliphatic rings. The van der Waals surface area contributed by atoms with Gasteiger partial charge in [0.05, 0.1) is 95.1 Å². The quantitative estimate of drug-likeness (QED) is 0.0956. The number of likely N-dealkylation sites (N-methyl/N-ethyl adjacent to an activating group) is 1. The van der Waals surface area contributed by atoms with Crippen LogP contribution in [0.15, 0.2) is 0 Å². The minimum absolute atomic E-state index is 0.161. The van der Waals surface area contributed by atoms with Crippen LogP contribution >= 0.6 is 15.6 Å². The number of hydrogen-bond acceptors (Lipinski definition) is 11. The van der Waals surface area contributed by atoms with E-state index in [0.717, 1.165) is 11.1 Å². The lowest BCUT2D eigenvalue weighted by atomic mass is 10.4. The Labute approximate surface area is 258 Å². The van der Waals surface area contributed by atoms with Crippen LogP contribution < -0.4 is 9.79 Å². The van der Waals surface area contributed by atoms with E-state index in [9.17, 15) is 18.9 Å². The largest absolute Gasteiger partial charge is 0.756 e. The summed E-state index contributed by atoms with van der Waals surface area (Å²) in [5.74, 6) is 0. The number of phosphoric acid groups is 2. The van der Waals surface area contributed by atoms with Crippen LogP contribution in [0.1, 0.15) is 60.3 Å². The van der Waals surface area contributed by atoms with E-state index >= 15 is 0 Å². The van der Waals surface area contributed by atoms with E-state index in [1.165, 1.54) is 13.0 Å². The number of quaternary nitrogens is 2. The monoisotopic (exact) mass is 656 g/mol. The first-order chi connectivity index (χ1) is 19.4. The molecule has 13 nitrogen and oxygen atoms in total. The molecular weight excluding hydrogens is 590 g/mol. The average Bonchev–Trinajstić information content (AvgIpc) is 2.87. The summed E-state index contributed by atoms with van der Waals surface area (Å²) in [5.41, 5.74) is 0. The number of phosphoric ester groups is 2. The van der Waals surface area contributed by atoms with Crippen molar-refractivity contribution in [3.8, 4) is 0 Å². The van der Waals surface area contributed by atoms with Crippen molar-refractivity contribution in [2.24, 2.45) is 0 Å². The molecule has 1 unspecified atom stereocenters. The first kappa shape index (κ1) is 48.9. The Bertz CT molecular complexity index is 627. The Morgan fingerprint density at radius 2 is 0.857 bits per heavy atom. The van der Waals surface area contributed by atoms with Crippen LogP contribution in [0.5, 0.6) is 0 Å². The summed E-state index contributed by atoms with van der Waals surface area (Å²) >= 11 is 0. The van der Waals surface area contributed by atoms with Crippen LogP contribution in [0.25, 0.3) is 0 Å². The molecule has 0 radical (unpaired) electrons. The molecule has 0 fully saturated rings. The molecule has 0 amide bonds. The average molecular weight is 657 g/mol. The summed E-state index contributed by atoms with van der Waals surface area (Å²) in [6.07, 6.45) is 3.28. The molecule has 260 valence electrons. The Morgan fingerprint density at radius 1 is 0.500 bits per heavy atom. The van der Waals surface area contributed by atoms with Gasteiger partial charge in [-0.05, 0) is 32.6 Å². The SMILES string of the molecule is CCCOP(=O)([O-])OCCC.CCCOP(=O)([O-])OCC[N+](C)(C)C.CCC[N+](C)(C)C.CCOCCOCCOC. The van der Waals surface area contributed by atoms with Gasteiger partial charge in [0, 0.05) is 13.7 Å². The maximum atomic E-state index is 11.1. The van der Waals surface area contributed by atoms with Crippen molar-refractivity contribution in [3.05, 3.63) is 0 Å². The highest BCUT2D eigenvalue weighted by Gasteiger charge is 2.12. The second kappa shape index (κ2) is 31.0. The van der Waals surface area contributed by atoms with E-state index < -0.39 is 15.6 Å². The molecule has 0 saturated carbocycles. The molecule has 15 heteroatoms. The molecule has 0 saturated heterocycles. The number of nitrogens with zero attached hydrogens (tertiary/aromatic N) is 2. The summed E-state index contributed by atoms with van der Waals surface area (Å²) in [6.45, 7) is 15.8. The fourth-order valence-electron chi connectivity index (χ4n) is 2.29. The first-order valence-electron chi connectivity index (χ1n) is 14.8. The molecule has 42 heavy (non-hydrogen) atoms. The third kappa shape index (κ3) is 52.6. The summed E-state index contributed by atoms with van der Waals surface area (Å²) in [6, 6.07) is 0. The van der Waals surface area contributed by atoms with Crippen molar-refractivity contribution in [2.75, 3.05) is 122 Å². The van der Waals surface area contributed by atoms with E-state index in [1.54, 1.807) is 7.11 Å². The summed E-state index contributed by atoms with van der Waals surface area (Å²) < 4.78 is 56.6. The minimum Gasteiger partial charge on any atom is -0.756 e. The topological polar surface area (TPSA) is 145 Å². The first-order valence-corrected chi connectivity index (χ1v) is 17.7. The maximum Gasteiger partial charge on any atom is 0.268 e. The number of methoxy groups -OCH3 is 1. The normalized spacial score (nSPS) is 13.1. The number of hydrogen-bond donors (Lipinski definition) is 0. The Hall–Kier alpha value is 0.0200. The van der Waals surface area contributed by atoms with Crippen molar-refractivity contribution in [1.29, 1.82) is 0 Å². The number of ether oxygens (including phenoxy) is 3. The van der Waals surface area contributed by atoms with Crippen LogP contribution in [0.2, 0.25) is 0 Å². The zero-order valence-electron chi connectivity index (χ0n) is 28.9. The molecule has 0 rings (SSSR count). The molecule has 0 heterocycles. The van der Waals surface area contributed by atoms with Crippen molar-refractivity contribution in [1.82, 2.24) is 0 Å². The van der Waals surface area contributed by atoms with E-state index in [1.807, 2.05) is 48.8 Å². The van der Waals surface area contributed by atoms with Crippen LogP contribution in [-0.2, 0) is 41.4 Å². The summed E-state index contributed by atoms with van der Waals surface area (Å²) in [4.78, 5) is 21.8. The zero-order valence-corrected chi connectivity index (χ0v) is 30.7. The van der Waals surface area contributed by atoms with Gasteiger partial charge in [-0.2, -0.15) is 0 Å². The highest BCUT2D eigenvalue weighted by Crippen LogP contribution is 2.38. The van der Waals surface area contributed by atoms with Crippen LogP contribution in [0.3, 0.4) is 0 Å². The second-order valence-corrected chi connectivity index (χ2v) is 13.9. The summed E-state index contributed by atoms with van der Waals surface area (Å²) in [7, 11) is 6.16. The van der Waals surface area contributed by atoms with Gasteiger partial charge >= 0.3 is 0 Å². The molecule has 0 N–H and O–H groups in total. The Balaban J connectivity index is -0.000000236. The van der Waals surface area contributed by atoms with Gasteiger partial charge in [0.1, 0.15) is 13.2 Å². The predicted molar refractivity (Wildman–Crippen MR) is 165 cm³/mol. The number of rotatable bonds is 22. The molecule has 0 aliphatic heterocycles. The predicted octanol–water partition coefficient (Wildman–Crippen LogP) is 3.70. The highest BCUT2D eigenvalue weighted by molar-refractivity contribution is 7.46. The smallest absolute Gasteiger partial charge is 0.268 e. The fraction of sp³-hybridized carbons (Fsp3) is 1.00. The van der Waals surface area contributed by atoms with Crippen molar-refractivity contribution in [3.63, 3.8) is 0 Å². The fourth-order valence-corrected chi connectivity index (χ4v) is 3.96. The minimum atomic E-state index is -4.06. The molecule has 0 bridgehead atoms. The van der Waals surface area contributed by atoms with E-state index in [4.69, 9.17) is 14.2 Å². The van der Waals surface area contributed by atoms with Crippen LogP contribution in [0, 0.1) is 0 Å². The standard InChI is InChI=1S/C8H20NO4P.C7H16O3.C6H16N.C6H15O4P/c1-5-7-12-14(10,11)13-8-6-9(2,3)4;1-3-9-6-7-10-5-4-8-2;1-5-6-7(2,3)4;1-3-5-9-11(7,8)10-6-4-2/h5-8H2,1-4H3;3-7H2,1-2H3;5-6H2,1-4H3;3-6H2,1-2H3,(H,7,8)/q;;+1;/p-1. The lowest BCUT2D eigenvalue weighted by molar-refractivity contribution is -0.870. The Kier molecular flexibility index (Phi) is 36.1. The lowest BCUT2D eigenvalue weighted by Crippen LogP contribution is -2.37. The van der Waals surface area contributed by atoms with Gasteiger partial charge in [-0.3, -0.25) is 9.13 Å². The van der Waals surface area contributed by atoms with Gasteiger partial charge in [0.2, 0.25) is 0 Å². The second-order valence-electron chi connectivity index (χ2n) is 11.1. The van der Waals surface area contributed by atoms with E-state index in [2.05, 4.69) is 46.2 Å². The van der Waals surface area contributed by atoms with Crippen molar-refractivity contribution in [2.45, 2.75) is 60.3 Å². The third-order valence-electron chi connectivity index (χ3n) is 4.27. The third-order valence-corrected chi connectivity index (χ3v) is 6.27. The molecule has 0 aromatic rings. The molecule has 0 spiro atoms. The molecular formula is C27H66N2O11P2.